The summed E-state index contributed by atoms with van der Waals surface area (Å²) in [5, 5.41) is 9.26. The smallest absolute Gasteiger partial charge is 0.318 e. The molecule has 1 saturated heterocycles. The van der Waals surface area contributed by atoms with Crippen LogP contribution in [0.3, 0.4) is 0 Å². The number of esters is 1. The number of likely N-dealkylation sites (tertiary alicyclic amines) is 1. The van der Waals surface area contributed by atoms with E-state index in [1.807, 2.05) is 6.08 Å². The van der Waals surface area contributed by atoms with Crippen LogP contribution in [-0.4, -0.2) is 41.0 Å². The highest BCUT2D eigenvalue weighted by molar-refractivity contribution is 5.91. The molecule has 0 saturated carbocycles. The van der Waals surface area contributed by atoms with E-state index in [2.05, 4.69) is 6.08 Å². The third-order valence-corrected chi connectivity index (χ3v) is 6.03. The highest BCUT2D eigenvalue weighted by atomic mass is 16.5. The summed E-state index contributed by atoms with van der Waals surface area (Å²) in [6, 6.07) is 0. The first-order valence-corrected chi connectivity index (χ1v) is 10.1. The van der Waals surface area contributed by atoms with Crippen LogP contribution in [0.25, 0.3) is 0 Å². The molecule has 0 spiro atoms. The SMILES string of the molecule is CCOC(=O)[C@]12CCC=C1N(CCC1=CCCCC1)C(=O)[C@@H](CC(=O)O)C2. The highest BCUT2D eigenvalue weighted by Gasteiger charge is 2.55. The van der Waals surface area contributed by atoms with Crippen LogP contribution in [-0.2, 0) is 19.1 Å². The van der Waals surface area contributed by atoms with Gasteiger partial charge in [0, 0.05) is 12.2 Å². The van der Waals surface area contributed by atoms with Gasteiger partial charge in [-0.3, -0.25) is 14.4 Å². The molecule has 6 nitrogen and oxygen atoms in total. The first-order chi connectivity index (χ1) is 13.0. The summed E-state index contributed by atoms with van der Waals surface area (Å²) in [6.45, 7) is 2.55. The van der Waals surface area contributed by atoms with Crippen molar-refractivity contribution in [2.75, 3.05) is 13.2 Å². The fourth-order valence-electron chi connectivity index (χ4n) is 4.75. The van der Waals surface area contributed by atoms with Gasteiger partial charge < -0.3 is 14.7 Å². The maximum absolute atomic E-state index is 13.0. The summed E-state index contributed by atoms with van der Waals surface area (Å²) in [4.78, 5) is 38.9. The second-order valence-corrected chi connectivity index (χ2v) is 7.78. The number of hydrogen-bond donors (Lipinski definition) is 1. The van der Waals surface area contributed by atoms with Gasteiger partial charge in [-0.2, -0.15) is 0 Å². The first kappa shape index (κ1) is 19.6. The third kappa shape index (κ3) is 3.94. The number of nitrogens with zero attached hydrogens (tertiary/aromatic N) is 1. The molecule has 1 N–H and O–H groups in total. The van der Waals surface area contributed by atoms with Crippen molar-refractivity contribution in [1.29, 1.82) is 0 Å². The van der Waals surface area contributed by atoms with E-state index in [9.17, 15) is 19.5 Å². The zero-order valence-corrected chi connectivity index (χ0v) is 16.0. The Labute approximate surface area is 160 Å². The lowest BCUT2D eigenvalue weighted by atomic mass is 9.71. The van der Waals surface area contributed by atoms with E-state index in [0.29, 0.717) is 19.4 Å². The van der Waals surface area contributed by atoms with Gasteiger partial charge in [0.25, 0.3) is 0 Å². The van der Waals surface area contributed by atoms with E-state index < -0.39 is 17.3 Å². The summed E-state index contributed by atoms with van der Waals surface area (Å²) in [5.74, 6) is -2.17. The van der Waals surface area contributed by atoms with Crippen molar-refractivity contribution in [3.8, 4) is 0 Å². The van der Waals surface area contributed by atoms with Gasteiger partial charge in [0.15, 0.2) is 0 Å². The predicted molar refractivity (Wildman–Crippen MR) is 99.6 cm³/mol. The fourth-order valence-corrected chi connectivity index (χ4v) is 4.75. The minimum absolute atomic E-state index is 0.165. The Balaban J connectivity index is 1.86. The van der Waals surface area contributed by atoms with Crippen molar-refractivity contribution in [3.63, 3.8) is 0 Å². The molecule has 1 heterocycles. The average Bonchev–Trinajstić information content (AvgIpc) is 3.07. The number of rotatable bonds is 7. The summed E-state index contributed by atoms with van der Waals surface area (Å²) >= 11 is 0. The van der Waals surface area contributed by atoms with Crippen LogP contribution in [0.2, 0.25) is 0 Å². The zero-order valence-electron chi connectivity index (χ0n) is 16.0. The Bertz CT molecular complexity index is 680. The molecular weight excluding hydrogens is 346 g/mol. The molecule has 1 fully saturated rings. The van der Waals surface area contributed by atoms with Crippen LogP contribution in [0.1, 0.15) is 64.7 Å². The lowest BCUT2D eigenvalue weighted by Crippen LogP contribution is -2.52. The van der Waals surface area contributed by atoms with Crippen molar-refractivity contribution in [2.24, 2.45) is 11.3 Å². The van der Waals surface area contributed by atoms with Crippen LogP contribution in [0.15, 0.2) is 23.4 Å². The lowest BCUT2D eigenvalue weighted by Gasteiger charge is -2.44. The van der Waals surface area contributed by atoms with E-state index in [-0.39, 0.29) is 31.3 Å². The van der Waals surface area contributed by atoms with Crippen LogP contribution in [0.4, 0.5) is 0 Å². The zero-order chi connectivity index (χ0) is 19.4. The minimum Gasteiger partial charge on any atom is -0.481 e. The number of carboxylic acid groups (broad SMARTS) is 1. The van der Waals surface area contributed by atoms with E-state index in [4.69, 9.17) is 4.74 Å². The van der Waals surface area contributed by atoms with Crippen LogP contribution in [0.5, 0.6) is 0 Å². The number of piperidine rings is 1. The monoisotopic (exact) mass is 375 g/mol. The summed E-state index contributed by atoms with van der Waals surface area (Å²) in [5.41, 5.74) is 1.23. The molecule has 2 aliphatic carbocycles. The Hall–Kier alpha value is -2.11. The Morgan fingerprint density at radius 2 is 2.11 bits per heavy atom. The van der Waals surface area contributed by atoms with Gasteiger partial charge >= 0.3 is 11.9 Å². The fraction of sp³-hybridized carbons (Fsp3) is 0.667. The number of aliphatic carboxylic acids is 1. The van der Waals surface area contributed by atoms with Crippen molar-refractivity contribution in [3.05, 3.63) is 23.4 Å². The lowest BCUT2D eigenvalue weighted by molar-refractivity contribution is -0.161. The van der Waals surface area contributed by atoms with E-state index in [1.165, 1.54) is 18.4 Å². The molecule has 0 unspecified atom stereocenters. The topological polar surface area (TPSA) is 83.9 Å². The number of carboxylic acids is 1. The van der Waals surface area contributed by atoms with E-state index in [0.717, 1.165) is 25.0 Å². The quantitative estimate of drug-likeness (QED) is 0.544. The van der Waals surface area contributed by atoms with Gasteiger partial charge in [0.05, 0.1) is 18.9 Å². The maximum atomic E-state index is 13.0. The molecule has 0 aromatic rings. The Kier molecular flexibility index (Phi) is 6.02. The molecule has 148 valence electrons. The maximum Gasteiger partial charge on any atom is 0.318 e. The predicted octanol–water partition coefficient (Wildman–Crippen LogP) is 3.43. The number of carbonyl (C=O) groups excluding carboxylic acids is 2. The van der Waals surface area contributed by atoms with Crippen molar-refractivity contribution in [1.82, 2.24) is 4.90 Å². The summed E-state index contributed by atoms with van der Waals surface area (Å²) in [6.07, 6.45) is 10.8. The number of fused-ring (bicyclic) bond motifs is 1. The minimum atomic E-state index is -1.01. The van der Waals surface area contributed by atoms with Gasteiger partial charge in [-0.05, 0) is 58.3 Å². The number of carbonyl (C=O) groups is 3. The van der Waals surface area contributed by atoms with Crippen LogP contribution in [0, 0.1) is 11.3 Å². The van der Waals surface area contributed by atoms with Gasteiger partial charge in [-0.25, -0.2) is 0 Å². The molecule has 2 atom stereocenters. The molecule has 3 aliphatic rings. The van der Waals surface area contributed by atoms with E-state index >= 15 is 0 Å². The summed E-state index contributed by atoms with van der Waals surface area (Å²) in [7, 11) is 0. The molecule has 1 aliphatic heterocycles. The van der Waals surface area contributed by atoms with Gasteiger partial charge in [-0.15, -0.1) is 0 Å². The molecule has 27 heavy (non-hydrogen) atoms. The molecule has 1 amide bonds. The Morgan fingerprint density at radius 1 is 1.30 bits per heavy atom. The standard InChI is InChI=1S/C21H29NO5/c1-2-27-20(26)21-11-6-9-17(21)22(12-10-15-7-4-3-5-8-15)19(25)16(14-21)13-18(23)24/h7,9,16H,2-6,8,10-14H2,1H3,(H,23,24)/t16-,21-/m0/s1. The molecular formula is C21H29NO5. The number of ether oxygens (including phenoxy) is 1. The molecule has 0 aromatic heterocycles. The van der Waals surface area contributed by atoms with Crippen LogP contribution < -0.4 is 0 Å². The highest BCUT2D eigenvalue weighted by Crippen LogP contribution is 2.51. The van der Waals surface area contributed by atoms with Crippen molar-refractivity contribution >= 4 is 17.8 Å². The van der Waals surface area contributed by atoms with Gasteiger partial charge in [0.1, 0.15) is 5.41 Å². The number of hydrogen-bond acceptors (Lipinski definition) is 4. The number of allylic oxidation sites excluding steroid dienone is 2. The largest absolute Gasteiger partial charge is 0.481 e. The first-order valence-electron chi connectivity index (χ1n) is 10.1. The second-order valence-electron chi connectivity index (χ2n) is 7.78. The molecule has 3 rings (SSSR count). The van der Waals surface area contributed by atoms with Crippen molar-refractivity contribution in [2.45, 2.75) is 64.7 Å². The van der Waals surface area contributed by atoms with Gasteiger partial charge in [0.2, 0.25) is 5.91 Å². The average molecular weight is 375 g/mol. The second kappa shape index (κ2) is 8.28. The van der Waals surface area contributed by atoms with Gasteiger partial charge in [-0.1, -0.05) is 17.7 Å². The summed E-state index contributed by atoms with van der Waals surface area (Å²) < 4.78 is 5.34. The number of amides is 1. The Morgan fingerprint density at radius 3 is 2.78 bits per heavy atom. The molecule has 0 aromatic carbocycles. The van der Waals surface area contributed by atoms with E-state index in [1.54, 1.807) is 11.8 Å². The molecule has 6 heteroatoms. The molecule has 0 radical (unpaired) electrons. The third-order valence-electron chi connectivity index (χ3n) is 6.03. The van der Waals surface area contributed by atoms with Crippen molar-refractivity contribution < 1.29 is 24.2 Å². The molecule has 0 bridgehead atoms. The van der Waals surface area contributed by atoms with Crippen LogP contribution >= 0.6 is 0 Å². The normalized spacial score (nSPS) is 27.7.